The number of alkyl halides is 9. The average molecular weight is 781 g/mol. The molecule has 3 aromatic rings. The summed E-state index contributed by atoms with van der Waals surface area (Å²) in [5.41, 5.74) is -4.66. The molecule has 0 saturated heterocycles. The molecule has 2 atom stereocenters. The number of halogens is 9. The highest BCUT2D eigenvalue weighted by molar-refractivity contribution is 5.90. The van der Waals surface area contributed by atoms with Crippen LogP contribution in [0.3, 0.4) is 0 Å². The third kappa shape index (κ3) is 10.9. The number of nitrogens with zero attached hydrogens (tertiary/aromatic N) is 3. The molecule has 0 bridgehead atoms. The standard InChI is InChI=1S/C35H37F9N4O6/c1-3-24-18-26(25-17-21(33(36,37)38)8-9-28(25)48(24)32(51)54-12-6-10-49)46-31-45-19-29(53-11-5-7-30(50)52-4-2)27(47-31)15-20-13-22(34(39,40)41)16-23(14-20)35(42,43)44/h8-9,13-14,16-17,19,24,26,49H,3-7,10-12,15,18H2,1-2H3,(H,45,46,47)/t24-,26+/m1/s1. The van der Waals surface area contributed by atoms with Gasteiger partial charge in [-0.2, -0.15) is 39.5 Å². The van der Waals surface area contributed by atoms with Gasteiger partial charge in [-0.3, -0.25) is 9.69 Å². The van der Waals surface area contributed by atoms with Crippen molar-refractivity contribution in [2.45, 2.75) is 83.0 Å². The summed E-state index contributed by atoms with van der Waals surface area (Å²) in [4.78, 5) is 34.6. The number of aromatic nitrogens is 2. The number of aliphatic hydroxyl groups excluding tert-OH is 1. The van der Waals surface area contributed by atoms with Crippen molar-refractivity contribution in [1.82, 2.24) is 9.97 Å². The van der Waals surface area contributed by atoms with Gasteiger partial charge in [0.25, 0.3) is 0 Å². The Balaban J connectivity index is 1.75. The molecule has 0 fully saturated rings. The Labute approximate surface area is 303 Å². The monoisotopic (exact) mass is 780 g/mol. The van der Waals surface area contributed by atoms with Crippen molar-refractivity contribution >= 4 is 23.7 Å². The molecule has 2 N–H and O–H groups in total. The Hall–Kier alpha value is -4.81. The van der Waals surface area contributed by atoms with Crippen molar-refractivity contribution in [3.05, 3.63) is 76.1 Å². The van der Waals surface area contributed by atoms with Gasteiger partial charge < -0.3 is 24.6 Å². The number of ether oxygens (including phenoxy) is 3. The summed E-state index contributed by atoms with van der Waals surface area (Å²) in [7, 11) is 0. The first kappa shape index (κ1) is 41.9. The number of anilines is 2. The second-order valence-corrected chi connectivity index (χ2v) is 12.2. The van der Waals surface area contributed by atoms with Crippen LogP contribution in [0.1, 0.15) is 85.5 Å². The first-order valence-electron chi connectivity index (χ1n) is 16.8. The maximum Gasteiger partial charge on any atom is 0.416 e. The van der Waals surface area contributed by atoms with Gasteiger partial charge in [0.2, 0.25) is 5.95 Å². The van der Waals surface area contributed by atoms with E-state index in [1.165, 1.54) is 4.90 Å². The van der Waals surface area contributed by atoms with E-state index in [0.29, 0.717) is 18.6 Å². The molecule has 1 aliphatic heterocycles. The molecular weight excluding hydrogens is 743 g/mol. The summed E-state index contributed by atoms with van der Waals surface area (Å²) in [5, 5.41) is 12.0. The first-order chi connectivity index (χ1) is 25.3. The average Bonchev–Trinajstić information content (AvgIpc) is 3.09. The Bertz CT molecular complexity index is 1740. The van der Waals surface area contributed by atoms with Gasteiger partial charge in [-0.1, -0.05) is 6.92 Å². The van der Waals surface area contributed by atoms with Gasteiger partial charge in [-0.15, -0.1) is 0 Å². The van der Waals surface area contributed by atoms with Crippen molar-refractivity contribution in [3.63, 3.8) is 0 Å². The third-order valence-corrected chi connectivity index (χ3v) is 8.30. The molecule has 10 nitrogen and oxygen atoms in total. The van der Waals surface area contributed by atoms with Crippen molar-refractivity contribution in [1.29, 1.82) is 0 Å². The van der Waals surface area contributed by atoms with Crippen LogP contribution in [0.25, 0.3) is 0 Å². The number of benzene rings is 2. The number of amides is 1. The van der Waals surface area contributed by atoms with Gasteiger partial charge in [0.1, 0.15) is 0 Å². The van der Waals surface area contributed by atoms with E-state index in [2.05, 4.69) is 15.3 Å². The van der Waals surface area contributed by atoms with Crippen molar-refractivity contribution in [2.24, 2.45) is 0 Å². The number of carbonyl (C=O) groups is 2. The number of esters is 1. The largest absolute Gasteiger partial charge is 0.490 e. The minimum absolute atomic E-state index is 0.00534. The molecule has 1 amide bonds. The lowest BCUT2D eigenvalue weighted by Crippen LogP contribution is -2.46. The summed E-state index contributed by atoms with van der Waals surface area (Å²) in [5.74, 6) is -0.916. The summed E-state index contributed by atoms with van der Waals surface area (Å²) in [6.07, 6.45) is -14.9. The lowest BCUT2D eigenvalue weighted by atomic mass is 9.89. The van der Waals surface area contributed by atoms with Crippen molar-refractivity contribution in [2.75, 3.05) is 36.6 Å². The van der Waals surface area contributed by atoms with Crippen LogP contribution in [0, 0.1) is 0 Å². The fraction of sp³-hybridized carbons (Fsp3) is 0.486. The van der Waals surface area contributed by atoms with E-state index in [9.17, 15) is 49.1 Å². The number of carbonyl (C=O) groups excluding carboxylic acids is 2. The van der Waals surface area contributed by atoms with Crippen molar-refractivity contribution in [3.8, 4) is 5.75 Å². The van der Waals surface area contributed by atoms with Gasteiger partial charge >= 0.3 is 30.6 Å². The molecule has 0 radical (unpaired) electrons. The highest BCUT2D eigenvalue weighted by atomic mass is 19.4. The topological polar surface area (TPSA) is 123 Å². The second-order valence-electron chi connectivity index (χ2n) is 12.2. The predicted octanol–water partition coefficient (Wildman–Crippen LogP) is 8.51. The summed E-state index contributed by atoms with van der Waals surface area (Å²) < 4.78 is 139. The zero-order valence-electron chi connectivity index (χ0n) is 29.0. The minimum atomic E-state index is -5.13. The lowest BCUT2D eigenvalue weighted by molar-refractivity contribution is -0.144. The fourth-order valence-electron chi connectivity index (χ4n) is 5.78. The van der Waals surface area contributed by atoms with Gasteiger partial charge in [0.15, 0.2) is 5.75 Å². The molecule has 2 heterocycles. The molecule has 2 aromatic carbocycles. The number of hydrogen-bond acceptors (Lipinski definition) is 9. The van der Waals surface area contributed by atoms with E-state index in [0.717, 1.165) is 24.4 Å². The third-order valence-electron chi connectivity index (χ3n) is 8.30. The van der Waals surface area contributed by atoms with E-state index in [1.54, 1.807) is 13.8 Å². The van der Waals surface area contributed by atoms with Crippen LogP contribution in [0.5, 0.6) is 5.75 Å². The molecule has 1 aromatic heterocycles. The van der Waals surface area contributed by atoms with E-state index in [1.807, 2.05) is 0 Å². The quantitative estimate of drug-likeness (QED) is 0.0942. The predicted molar refractivity (Wildman–Crippen MR) is 175 cm³/mol. The molecule has 4 rings (SSSR count). The smallest absolute Gasteiger partial charge is 0.416 e. The Kier molecular flexibility index (Phi) is 13.6. The minimum Gasteiger partial charge on any atom is -0.490 e. The zero-order chi connectivity index (χ0) is 39.8. The number of fused-ring (bicyclic) bond motifs is 1. The van der Waals surface area contributed by atoms with Crippen LogP contribution in [-0.4, -0.2) is 59.6 Å². The molecule has 0 saturated carbocycles. The number of rotatable bonds is 14. The summed E-state index contributed by atoms with van der Waals surface area (Å²) in [6, 6.07) is 2.20. The molecule has 1 aliphatic rings. The molecule has 54 heavy (non-hydrogen) atoms. The number of aliphatic hydroxyl groups is 1. The van der Waals surface area contributed by atoms with Crippen molar-refractivity contribution < 1.29 is 68.4 Å². The Morgan fingerprint density at radius 3 is 2.15 bits per heavy atom. The molecule has 0 unspecified atom stereocenters. The van der Waals surface area contributed by atoms with Crippen LogP contribution in [-0.2, 0) is 39.2 Å². The van der Waals surface area contributed by atoms with Crippen LogP contribution >= 0.6 is 0 Å². The number of hydrogen-bond donors (Lipinski definition) is 2. The van der Waals surface area contributed by atoms with E-state index >= 15 is 0 Å². The maximum absolute atomic E-state index is 13.9. The Morgan fingerprint density at radius 2 is 1.56 bits per heavy atom. The summed E-state index contributed by atoms with van der Waals surface area (Å²) >= 11 is 0. The van der Waals surface area contributed by atoms with E-state index in [-0.39, 0.29) is 86.8 Å². The van der Waals surface area contributed by atoms with Gasteiger partial charge in [0, 0.05) is 31.9 Å². The maximum atomic E-state index is 13.9. The van der Waals surface area contributed by atoms with Crippen LogP contribution in [0.2, 0.25) is 0 Å². The molecular formula is C35H37F9N4O6. The van der Waals surface area contributed by atoms with Crippen LogP contribution in [0.15, 0.2) is 42.6 Å². The molecule has 296 valence electrons. The highest BCUT2D eigenvalue weighted by Crippen LogP contribution is 2.43. The fourth-order valence-corrected chi connectivity index (χ4v) is 5.78. The van der Waals surface area contributed by atoms with Gasteiger partial charge in [0.05, 0.1) is 60.1 Å². The summed E-state index contributed by atoms with van der Waals surface area (Å²) in [6.45, 7) is 2.93. The van der Waals surface area contributed by atoms with E-state index < -0.39 is 71.3 Å². The molecule has 19 heteroatoms. The SMILES string of the molecule is CCOC(=O)CCCOc1cnc(N[C@H]2C[C@@H](CC)N(C(=O)OCCCO)c3ccc(C(F)(F)F)cc32)nc1Cc1cc(C(F)(F)F)cc(C(F)(F)F)c1. The van der Waals surface area contributed by atoms with Crippen LogP contribution < -0.4 is 15.0 Å². The van der Waals surface area contributed by atoms with Gasteiger partial charge in [-0.25, -0.2) is 14.8 Å². The van der Waals surface area contributed by atoms with Crippen LogP contribution in [0.4, 0.5) is 55.9 Å². The Morgan fingerprint density at radius 1 is 0.889 bits per heavy atom. The first-order valence-corrected chi connectivity index (χ1v) is 16.8. The second kappa shape index (κ2) is 17.6. The zero-order valence-corrected chi connectivity index (χ0v) is 29.0. The normalized spacial score (nSPS) is 16.1. The lowest BCUT2D eigenvalue weighted by Gasteiger charge is -2.40. The van der Waals surface area contributed by atoms with E-state index in [4.69, 9.17) is 19.3 Å². The molecule has 0 aliphatic carbocycles. The highest BCUT2D eigenvalue weighted by Gasteiger charge is 2.40. The van der Waals surface area contributed by atoms with Gasteiger partial charge in [-0.05, 0) is 73.7 Å². The number of nitrogens with one attached hydrogen (secondary N) is 1. The molecule has 0 spiro atoms.